The van der Waals surface area contributed by atoms with Crippen LogP contribution in [-0.2, 0) is 4.79 Å². The van der Waals surface area contributed by atoms with Crippen molar-refractivity contribution >= 4 is 5.78 Å². The quantitative estimate of drug-likeness (QED) is 0.354. The molecule has 0 saturated carbocycles. The number of hydrogen-bond donors (Lipinski definition) is 4. The molecule has 0 heterocycles. The highest BCUT2D eigenvalue weighted by Gasteiger charge is 2.35. The Kier molecular flexibility index (Phi) is 2.58. The van der Waals surface area contributed by atoms with E-state index in [1.54, 1.807) is 0 Å². The molecule has 0 amide bonds. The molecule has 0 saturated heterocycles. The van der Waals surface area contributed by atoms with Crippen LogP contribution in [0.15, 0.2) is 11.6 Å². The van der Waals surface area contributed by atoms with Crippen LogP contribution in [0.5, 0.6) is 0 Å². The summed E-state index contributed by atoms with van der Waals surface area (Å²) >= 11 is 0. The van der Waals surface area contributed by atoms with Crippen molar-refractivity contribution in [2.45, 2.75) is 18.3 Å². The van der Waals surface area contributed by atoms with E-state index in [1.807, 2.05) is 0 Å². The molecular weight excluding hydrogens is 164 g/mol. The van der Waals surface area contributed by atoms with E-state index in [4.69, 9.17) is 20.4 Å². The molecule has 0 radical (unpaired) electrons. The summed E-state index contributed by atoms with van der Waals surface area (Å²) in [6.45, 7) is -0.503. The van der Waals surface area contributed by atoms with Gasteiger partial charge >= 0.3 is 0 Å². The molecule has 1 aliphatic rings. The highest BCUT2D eigenvalue weighted by Crippen LogP contribution is 2.16. The molecule has 0 fully saturated rings. The van der Waals surface area contributed by atoms with E-state index in [0.29, 0.717) is 0 Å². The number of aliphatic hydroxyl groups is 4. The van der Waals surface area contributed by atoms with Gasteiger partial charge in [-0.15, -0.1) is 0 Å². The Morgan fingerprint density at radius 2 is 1.83 bits per heavy atom. The van der Waals surface area contributed by atoms with Crippen molar-refractivity contribution in [2.24, 2.45) is 0 Å². The fourth-order valence-electron chi connectivity index (χ4n) is 1.05. The van der Waals surface area contributed by atoms with Crippen LogP contribution < -0.4 is 0 Å². The van der Waals surface area contributed by atoms with Crippen LogP contribution in [0.1, 0.15) is 0 Å². The predicted octanol–water partition coefficient (Wildman–Crippen LogP) is -2.43. The lowest BCUT2D eigenvalue weighted by atomic mass is 9.91. The maximum atomic E-state index is 10.8. The van der Waals surface area contributed by atoms with Crippen LogP contribution in [-0.4, -0.2) is 51.1 Å². The highest BCUT2D eigenvalue weighted by molar-refractivity contribution is 5.95. The average molecular weight is 174 g/mol. The molecule has 5 nitrogen and oxygen atoms in total. The van der Waals surface area contributed by atoms with Crippen molar-refractivity contribution in [1.29, 1.82) is 0 Å². The van der Waals surface area contributed by atoms with Gasteiger partial charge in [0.1, 0.15) is 18.3 Å². The summed E-state index contributed by atoms with van der Waals surface area (Å²) in [5.41, 5.74) is 0.0257. The highest BCUT2D eigenvalue weighted by atomic mass is 16.4. The van der Waals surface area contributed by atoms with Crippen molar-refractivity contribution in [2.75, 3.05) is 6.61 Å². The van der Waals surface area contributed by atoms with Gasteiger partial charge in [-0.2, -0.15) is 0 Å². The normalized spacial score (nSPS) is 36.5. The zero-order chi connectivity index (χ0) is 9.30. The minimum absolute atomic E-state index is 0.0257. The van der Waals surface area contributed by atoms with Gasteiger partial charge in [0.05, 0.1) is 6.61 Å². The number of hydrogen-bond acceptors (Lipinski definition) is 5. The first-order chi connectivity index (χ1) is 5.57. The summed E-state index contributed by atoms with van der Waals surface area (Å²) in [7, 11) is 0. The Morgan fingerprint density at radius 1 is 1.25 bits per heavy atom. The third-order valence-corrected chi connectivity index (χ3v) is 1.83. The summed E-state index contributed by atoms with van der Waals surface area (Å²) in [6.07, 6.45) is -3.54. The molecule has 4 N–H and O–H groups in total. The molecule has 5 heteroatoms. The van der Waals surface area contributed by atoms with Gasteiger partial charge in [-0.25, -0.2) is 0 Å². The van der Waals surface area contributed by atoms with Gasteiger partial charge in [0.25, 0.3) is 0 Å². The van der Waals surface area contributed by atoms with Crippen molar-refractivity contribution < 1.29 is 25.2 Å². The van der Waals surface area contributed by atoms with Crippen LogP contribution in [0.4, 0.5) is 0 Å². The third-order valence-electron chi connectivity index (χ3n) is 1.83. The monoisotopic (exact) mass is 174 g/mol. The number of carbonyl (C=O) groups is 1. The third kappa shape index (κ3) is 1.39. The van der Waals surface area contributed by atoms with E-state index in [9.17, 15) is 4.79 Å². The smallest absolute Gasteiger partial charge is 0.187 e. The largest absolute Gasteiger partial charge is 0.392 e. The number of ketones is 1. The van der Waals surface area contributed by atoms with Crippen molar-refractivity contribution in [3.63, 3.8) is 0 Å². The van der Waals surface area contributed by atoms with Gasteiger partial charge in [0, 0.05) is 0 Å². The molecular formula is C7H10O5. The zero-order valence-electron chi connectivity index (χ0n) is 6.21. The van der Waals surface area contributed by atoms with Gasteiger partial charge in [-0.3, -0.25) is 4.79 Å². The molecule has 0 unspecified atom stereocenters. The minimum Gasteiger partial charge on any atom is -0.392 e. The van der Waals surface area contributed by atoms with E-state index in [0.717, 1.165) is 6.08 Å². The lowest BCUT2D eigenvalue weighted by Gasteiger charge is -2.26. The fourth-order valence-corrected chi connectivity index (χ4v) is 1.05. The molecule has 3 atom stereocenters. The average Bonchev–Trinajstić information content (AvgIpc) is 2.08. The number of carbonyl (C=O) groups excluding carboxylic acids is 1. The van der Waals surface area contributed by atoms with Crippen molar-refractivity contribution in [1.82, 2.24) is 0 Å². The van der Waals surface area contributed by atoms with E-state index in [-0.39, 0.29) is 5.57 Å². The first-order valence-corrected chi connectivity index (χ1v) is 3.47. The summed E-state index contributed by atoms with van der Waals surface area (Å²) in [6, 6.07) is 0. The SMILES string of the molecule is O=C1C=C(CO)[C@H](O)[C@H](O)[C@H]1O. The summed E-state index contributed by atoms with van der Waals surface area (Å²) in [5, 5.41) is 35.7. The lowest BCUT2D eigenvalue weighted by molar-refractivity contribution is -0.134. The second-order valence-corrected chi connectivity index (χ2v) is 2.66. The maximum Gasteiger partial charge on any atom is 0.187 e. The number of rotatable bonds is 1. The topological polar surface area (TPSA) is 98.0 Å². The molecule has 1 rings (SSSR count). The van der Waals surface area contributed by atoms with Crippen molar-refractivity contribution in [3.8, 4) is 0 Å². The molecule has 0 aliphatic heterocycles. The Bertz CT molecular complexity index is 222. The van der Waals surface area contributed by atoms with Crippen LogP contribution >= 0.6 is 0 Å². The van der Waals surface area contributed by atoms with Gasteiger partial charge in [0.15, 0.2) is 5.78 Å². The molecule has 0 bridgehead atoms. The Labute approximate surface area is 68.6 Å². The minimum atomic E-state index is -1.59. The summed E-state index contributed by atoms with van der Waals surface area (Å²) < 4.78 is 0. The van der Waals surface area contributed by atoms with Crippen LogP contribution in [0, 0.1) is 0 Å². The van der Waals surface area contributed by atoms with E-state index in [2.05, 4.69) is 0 Å². The van der Waals surface area contributed by atoms with Crippen LogP contribution in [0.3, 0.4) is 0 Å². The number of aliphatic hydroxyl groups excluding tert-OH is 4. The molecule has 0 aromatic heterocycles. The standard InChI is InChI=1S/C7H10O5/c8-2-3-1-4(9)6(11)7(12)5(3)10/h1,5-8,10-12H,2H2/t5-,6-,7-/m0/s1. The molecule has 0 spiro atoms. The van der Waals surface area contributed by atoms with Crippen LogP contribution in [0.2, 0.25) is 0 Å². The van der Waals surface area contributed by atoms with Gasteiger partial charge in [-0.1, -0.05) is 0 Å². The predicted molar refractivity (Wildman–Crippen MR) is 38.2 cm³/mol. The second-order valence-electron chi connectivity index (χ2n) is 2.66. The van der Waals surface area contributed by atoms with Gasteiger partial charge < -0.3 is 20.4 Å². The lowest BCUT2D eigenvalue weighted by Crippen LogP contribution is -2.46. The van der Waals surface area contributed by atoms with E-state index >= 15 is 0 Å². The Balaban J connectivity index is 2.91. The fraction of sp³-hybridized carbons (Fsp3) is 0.571. The Hall–Kier alpha value is -0.750. The second kappa shape index (κ2) is 3.32. The molecule has 1 aliphatic carbocycles. The molecule has 0 aromatic rings. The van der Waals surface area contributed by atoms with Gasteiger partial charge in [0.2, 0.25) is 0 Å². The maximum absolute atomic E-state index is 10.8. The first kappa shape index (κ1) is 9.34. The van der Waals surface area contributed by atoms with E-state index in [1.165, 1.54) is 0 Å². The summed E-state index contributed by atoms with van der Waals surface area (Å²) in [4.78, 5) is 10.8. The first-order valence-electron chi connectivity index (χ1n) is 3.47. The summed E-state index contributed by atoms with van der Waals surface area (Å²) in [5.74, 6) is -0.697. The Morgan fingerprint density at radius 3 is 2.33 bits per heavy atom. The molecule has 12 heavy (non-hydrogen) atoms. The van der Waals surface area contributed by atoms with Gasteiger partial charge in [-0.05, 0) is 11.6 Å². The molecule has 68 valence electrons. The van der Waals surface area contributed by atoms with Crippen LogP contribution in [0.25, 0.3) is 0 Å². The van der Waals surface area contributed by atoms with E-state index < -0.39 is 30.7 Å². The molecule has 0 aromatic carbocycles. The zero-order valence-corrected chi connectivity index (χ0v) is 6.21. The van der Waals surface area contributed by atoms with Crippen molar-refractivity contribution in [3.05, 3.63) is 11.6 Å².